The van der Waals surface area contributed by atoms with Gasteiger partial charge in [0.1, 0.15) is 13.2 Å². The van der Waals surface area contributed by atoms with Crippen LogP contribution in [0.5, 0.6) is 0 Å². The number of quaternary nitrogens is 1. The van der Waals surface area contributed by atoms with Crippen LogP contribution in [0.2, 0.25) is 0 Å². The number of nitrogens with zero attached hydrogens (tertiary/aromatic N) is 1. The van der Waals surface area contributed by atoms with Gasteiger partial charge in [0.05, 0.1) is 40.3 Å². The molecule has 0 aromatic carbocycles. The zero-order chi connectivity index (χ0) is 33.6. The summed E-state index contributed by atoms with van der Waals surface area (Å²) in [7, 11) is 5.89. The van der Waals surface area contributed by atoms with Crippen LogP contribution in [0, 0.1) is 0 Å². The van der Waals surface area contributed by atoms with Crippen LogP contribution in [0.3, 0.4) is 0 Å². The summed E-state index contributed by atoms with van der Waals surface area (Å²) in [5.41, 5.74) is 0. The lowest BCUT2D eigenvalue weighted by Crippen LogP contribution is -2.44. The lowest BCUT2D eigenvalue weighted by molar-refractivity contribution is -0.870. The number of carboxylic acid groups (broad SMARTS) is 1. The van der Waals surface area contributed by atoms with Gasteiger partial charge in [-0.3, -0.25) is 9.59 Å². The number of unbranched alkanes of at least 4 members (excludes halogenated alkanes) is 18. The van der Waals surface area contributed by atoms with Crippen molar-refractivity contribution in [3.8, 4) is 0 Å². The minimum atomic E-state index is -1.61. The fourth-order valence-electron chi connectivity index (χ4n) is 4.95. The van der Waals surface area contributed by atoms with Gasteiger partial charge >= 0.3 is 11.9 Å². The molecule has 0 heterocycles. The number of likely N-dealkylation sites (N-methyl/N-ethyl adjacent to an activating group) is 1. The molecule has 45 heavy (non-hydrogen) atoms. The largest absolute Gasteiger partial charge is 0.545 e. The molecule has 0 rings (SSSR count). The van der Waals surface area contributed by atoms with Crippen molar-refractivity contribution < 1.29 is 42.9 Å². The van der Waals surface area contributed by atoms with E-state index in [9.17, 15) is 19.5 Å². The first-order valence-corrected chi connectivity index (χ1v) is 18.2. The molecule has 0 aliphatic heterocycles. The first-order chi connectivity index (χ1) is 21.6. The third-order valence-corrected chi connectivity index (χ3v) is 7.85. The van der Waals surface area contributed by atoms with Crippen molar-refractivity contribution in [2.75, 3.05) is 47.5 Å². The van der Waals surface area contributed by atoms with E-state index in [0.29, 0.717) is 17.4 Å². The van der Waals surface area contributed by atoms with Crippen molar-refractivity contribution in [2.45, 2.75) is 167 Å². The van der Waals surface area contributed by atoms with Crippen LogP contribution < -0.4 is 5.11 Å². The quantitative estimate of drug-likeness (QED) is 0.0329. The van der Waals surface area contributed by atoms with E-state index in [1.807, 2.05) is 21.1 Å². The number of aliphatic carboxylic acids is 1. The predicted molar refractivity (Wildman–Crippen MR) is 177 cm³/mol. The summed E-state index contributed by atoms with van der Waals surface area (Å²) in [5.74, 6) is -2.29. The van der Waals surface area contributed by atoms with Crippen molar-refractivity contribution in [2.24, 2.45) is 0 Å². The Morgan fingerprint density at radius 3 is 1.42 bits per heavy atom. The van der Waals surface area contributed by atoms with E-state index in [1.165, 1.54) is 89.9 Å². The average molecular weight is 644 g/mol. The Bertz CT molecular complexity index is 724. The monoisotopic (exact) mass is 644 g/mol. The van der Waals surface area contributed by atoms with Crippen LogP contribution in [0.15, 0.2) is 0 Å². The summed E-state index contributed by atoms with van der Waals surface area (Å²) in [6.45, 7) is 4.68. The highest BCUT2D eigenvalue weighted by molar-refractivity contribution is 5.70. The van der Waals surface area contributed by atoms with Gasteiger partial charge in [-0.15, -0.1) is 0 Å². The third kappa shape index (κ3) is 30.7. The molecule has 0 saturated carbocycles. The molecule has 0 aromatic rings. The Morgan fingerprint density at radius 2 is 1.00 bits per heavy atom. The first-order valence-electron chi connectivity index (χ1n) is 18.2. The van der Waals surface area contributed by atoms with Gasteiger partial charge in [0.25, 0.3) is 0 Å². The number of carbonyl (C=O) groups excluding carboxylic acids is 3. The Morgan fingerprint density at radius 1 is 0.578 bits per heavy atom. The molecule has 9 heteroatoms. The highest BCUT2D eigenvalue weighted by Crippen LogP contribution is 2.14. The fraction of sp³-hybridized carbons (Fsp3) is 0.917. The number of carboxylic acids is 1. The smallest absolute Gasteiger partial charge is 0.306 e. The maximum absolute atomic E-state index is 12.6. The first kappa shape index (κ1) is 43.3. The van der Waals surface area contributed by atoms with Crippen LogP contribution in [-0.4, -0.2) is 82.3 Å². The van der Waals surface area contributed by atoms with Crippen LogP contribution in [0.4, 0.5) is 0 Å². The number of hydrogen-bond donors (Lipinski definition) is 0. The Kier molecular flexibility index (Phi) is 28.5. The van der Waals surface area contributed by atoms with Crippen LogP contribution in [0.1, 0.15) is 155 Å². The Labute approximate surface area is 275 Å². The highest BCUT2D eigenvalue weighted by atomic mass is 16.7. The fourth-order valence-corrected chi connectivity index (χ4v) is 4.95. The molecule has 0 aromatic heterocycles. The summed E-state index contributed by atoms with van der Waals surface area (Å²) < 4.78 is 22.3. The normalized spacial score (nSPS) is 13.0. The number of esters is 2. The van der Waals surface area contributed by atoms with E-state index in [-0.39, 0.29) is 32.2 Å². The summed E-state index contributed by atoms with van der Waals surface area (Å²) >= 11 is 0. The second kappa shape index (κ2) is 29.7. The molecule has 2 unspecified atom stereocenters. The minimum Gasteiger partial charge on any atom is -0.545 e. The van der Waals surface area contributed by atoms with E-state index in [4.69, 9.17) is 18.9 Å². The van der Waals surface area contributed by atoms with Gasteiger partial charge in [0, 0.05) is 12.8 Å². The molecular weight excluding hydrogens is 574 g/mol. The lowest BCUT2D eigenvalue weighted by Gasteiger charge is -2.26. The van der Waals surface area contributed by atoms with Gasteiger partial charge in [0.2, 0.25) is 0 Å². The molecule has 0 radical (unpaired) electrons. The van der Waals surface area contributed by atoms with Crippen molar-refractivity contribution in [1.82, 2.24) is 0 Å². The molecule has 9 nitrogen and oxygen atoms in total. The van der Waals surface area contributed by atoms with E-state index >= 15 is 0 Å². The number of hydrogen-bond acceptors (Lipinski definition) is 8. The molecule has 0 N–H and O–H groups in total. The highest BCUT2D eigenvalue weighted by Gasteiger charge is 2.21. The standard InChI is InChI=1S/C36H69NO8/c1-6-8-10-12-14-15-16-17-18-19-21-23-25-27-34(39)45-32(30-43-33(38)26-24-22-20-13-11-9-7-2)31-44-36(35(40)41)42-29-28-37(3,4)5/h32,36H,6-31H2,1-5H3. The average Bonchev–Trinajstić information content (AvgIpc) is 2.98. The predicted octanol–water partition coefficient (Wildman–Crippen LogP) is 6.88. The van der Waals surface area contributed by atoms with E-state index in [2.05, 4.69) is 13.8 Å². The Hall–Kier alpha value is -1.71. The second-order valence-electron chi connectivity index (χ2n) is 13.5. The molecule has 266 valence electrons. The topological polar surface area (TPSA) is 111 Å². The number of rotatable bonds is 33. The van der Waals surface area contributed by atoms with Crippen molar-refractivity contribution in [3.63, 3.8) is 0 Å². The maximum Gasteiger partial charge on any atom is 0.306 e. The van der Waals surface area contributed by atoms with Crippen molar-refractivity contribution in [3.05, 3.63) is 0 Å². The van der Waals surface area contributed by atoms with E-state index in [0.717, 1.165) is 38.5 Å². The summed E-state index contributed by atoms with van der Waals surface area (Å²) in [6, 6.07) is 0. The molecule has 0 aliphatic rings. The van der Waals surface area contributed by atoms with Gasteiger partial charge in [-0.1, -0.05) is 129 Å². The van der Waals surface area contributed by atoms with Gasteiger partial charge < -0.3 is 33.3 Å². The molecular formula is C36H69NO8. The molecule has 0 saturated heterocycles. The van der Waals surface area contributed by atoms with Crippen LogP contribution in [0.25, 0.3) is 0 Å². The molecule has 0 aliphatic carbocycles. The SMILES string of the molecule is CCCCCCCCCCCCCCCC(=O)OC(COC(=O)CCCCCCCCC)COC(OCC[N+](C)(C)C)C(=O)[O-]. The zero-order valence-electron chi connectivity index (χ0n) is 29.8. The van der Waals surface area contributed by atoms with E-state index in [1.54, 1.807) is 0 Å². The van der Waals surface area contributed by atoms with Crippen molar-refractivity contribution >= 4 is 17.9 Å². The number of carbonyl (C=O) groups is 3. The molecule has 0 fully saturated rings. The third-order valence-electron chi connectivity index (χ3n) is 7.85. The van der Waals surface area contributed by atoms with E-state index < -0.39 is 24.3 Å². The molecule has 0 spiro atoms. The van der Waals surface area contributed by atoms with Crippen molar-refractivity contribution in [1.29, 1.82) is 0 Å². The molecule has 0 amide bonds. The van der Waals surface area contributed by atoms with Gasteiger partial charge in [-0.05, 0) is 12.8 Å². The van der Waals surface area contributed by atoms with Gasteiger partial charge in [-0.2, -0.15) is 0 Å². The lowest BCUT2D eigenvalue weighted by atomic mass is 10.0. The summed E-state index contributed by atoms with van der Waals surface area (Å²) in [6.07, 6.45) is 21.5. The van der Waals surface area contributed by atoms with Crippen LogP contribution in [-0.2, 0) is 33.3 Å². The summed E-state index contributed by atoms with van der Waals surface area (Å²) in [5, 5.41) is 11.6. The maximum atomic E-state index is 12.6. The van der Waals surface area contributed by atoms with Gasteiger partial charge in [-0.25, -0.2) is 0 Å². The molecule has 2 atom stereocenters. The Balaban J connectivity index is 4.52. The van der Waals surface area contributed by atoms with Crippen LogP contribution >= 0.6 is 0 Å². The minimum absolute atomic E-state index is 0.152. The second-order valence-corrected chi connectivity index (χ2v) is 13.5. The molecule has 0 bridgehead atoms. The summed E-state index contributed by atoms with van der Waals surface area (Å²) in [4.78, 5) is 36.5. The van der Waals surface area contributed by atoms with Gasteiger partial charge in [0.15, 0.2) is 12.4 Å². The zero-order valence-corrected chi connectivity index (χ0v) is 29.8. The number of ether oxygens (including phenoxy) is 4.